The molecule has 0 radical (unpaired) electrons. The van der Waals surface area contributed by atoms with Gasteiger partial charge in [0.15, 0.2) is 0 Å². The first-order valence-corrected chi connectivity index (χ1v) is 9.41. The van der Waals surface area contributed by atoms with Gasteiger partial charge in [0, 0.05) is 13.1 Å². The van der Waals surface area contributed by atoms with Gasteiger partial charge in [0.1, 0.15) is 12.4 Å². The number of aromatic nitrogens is 1. The molecule has 140 valence electrons. The van der Waals surface area contributed by atoms with Gasteiger partial charge in [-0.1, -0.05) is 12.8 Å². The maximum Gasteiger partial charge on any atom is 0.244 e. The van der Waals surface area contributed by atoms with Crippen molar-refractivity contribution in [3.63, 3.8) is 0 Å². The average molecular weight is 358 g/mol. The minimum atomic E-state index is -0.372. The molecule has 1 N–H and O–H groups in total. The molecule has 1 saturated carbocycles. The van der Waals surface area contributed by atoms with Crippen LogP contribution in [0.3, 0.4) is 0 Å². The van der Waals surface area contributed by atoms with E-state index in [1.165, 1.54) is 0 Å². The van der Waals surface area contributed by atoms with Crippen molar-refractivity contribution in [1.82, 2.24) is 9.88 Å². The molecule has 0 spiro atoms. The number of nitrogens with zero attached hydrogens (tertiary/aromatic N) is 3. The van der Waals surface area contributed by atoms with Gasteiger partial charge in [0.05, 0.1) is 23.7 Å². The van der Waals surface area contributed by atoms with Crippen molar-refractivity contribution in [2.75, 3.05) is 29.9 Å². The molecule has 1 aliphatic carbocycles. The van der Waals surface area contributed by atoms with Gasteiger partial charge in [-0.25, -0.2) is 4.98 Å². The van der Waals surface area contributed by atoms with Gasteiger partial charge in [-0.3, -0.25) is 19.3 Å². The van der Waals surface area contributed by atoms with E-state index < -0.39 is 0 Å². The zero-order valence-corrected chi connectivity index (χ0v) is 15.4. The Morgan fingerprint density at radius 2 is 1.77 bits per heavy atom. The fourth-order valence-corrected chi connectivity index (χ4v) is 3.93. The zero-order chi connectivity index (χ0) is 18.7. The van der Waals surface area contributed by atoms with Crippen molar-refractivity contribution in [3.8, 4) is 0 Å². The van der Waals surface area contributed by atoms with Crippen LogP contribution in [0.4, 0.5) is 11.5 Å². The molecule has 3 amide bonds. The maximum atomic E-state index is 12.4. The van der Waals surface area contributed by atoms with Gasteiger partial charge in [-0.2, -0.15) is 0 Å². The largest absolute Gasteiger partial charge is 0.357 e. The molecule has 3 rings (SSSR count). The summed E-state index contributed by atoms with van der Waals surface area (Å²) in [5, 5.41) is 2.73. The van der Waals surface area contributed by atoms with Gasteiger partial charge in [-0.05, 0) is 38.8 Å². The Bertz CT molecular complexity index is 661. The third-order valence-electron chi connectivity index (χ3n) is 5.35. The second kappa shape index (κ2) is 7.85. The van der Waals surface area contributed by atoms with E-state index in [0.717, 1.165) is 49.5 Å². The first-order valence-electron chi connectivity index (χ1n) is 9.41. The van der Waals surface area contributed by atoms with E-state index in [-0.39, 0.29) is 36.1 Å². The Balaban J connectivity index is 1.60. The topological polar surface area (TPSA) is 82.6 Å². The molecule has 2 fully saturated rings. The van der Waals surface area contributed by atoms with Gasteiger partial charge in [-0.15, -0.1) is 0 Å². The highest BCUT2D eigenvalue weighted by atomic mass is 16.2. The first kappa shape index (κ1) is 18.4. The Hall–Kier alpha value is -2.44. The molecular formula is C19H26N4O3. The van der Waals surface area contributed by atoms with Crippen LogP contribution in [0, 0.1) is 11.8 Å². The number of pyridine rings is 1. The highest BCUT2D eigenvalue weighted by molar-refractivity contribution is 6.08. The van der Waals surface area contributed by atoms with Gasteiger partial charge in [0.2, 0.25) is 17.7 Å². The first-order chi connectivity index (χ1) is 12.5. The summed E-state index contributed by atoms with van der Waals surface area (Å²) in [6.07, 6.45) is 5.06. The van der Waals surface area contributed by atoms with Gasteiger partial charge in [0.25, 0.3) is 0 Å². The summed E-state index contributed by atoms with van der Waals surface area (Å²) in [7, 11) is 0. The Labute approximate surface area is 153 Å². The summed E-state index contributed by atoms with van der Waals surface area (Å²) in [4.78, 5) is 44.8. The Kier molecular flexibility index (Phi) is 5.54. The molecule has 2 atom stereocenters. The fourth-order valence-electron chi connectivity index (χ4n) is 3.93. The fraction of sp³-hybridized carbons (Fsp3) is 0.579. The quantitative estimate of drug-likeness (QED) is 0.787. The second-order valence-corrected chi connectivity index (χ2v) is 6.89. The third-order valence-corrected chi connectivity index (χ3v) is 5.35. The number of likely N-dealkylation sites (tertiary alicyclic amines) is 1. The number of rotatable bonds is 6. The molecule has 1 saturated heterocycles. The van der Waals surface area contributed by atoms with Crippen molar-refractivity contribution in [2.24, 2.45) is 11.8 Å². The lowest BCUT2D eigenvalue weighted by Crippen LogP contribution is -2.38. The van der Waals surface area contributed by atoms with Crippen LogP contribution in [0.15, 0.2) is 18.3 Å². The number of fused-ring (bicyclic) bond motifs is 1. The lowest BCUT2D eigenvalue weighted by atomic mass is 9.81. The van der Waals surface area contributed by atoms with E-state index >= 15 is 0 Å². The van der Waals surface area contributed by atoms with Crippen molar-refractivity contribution >= 4 is 29.2 Å². The monoisotopic (exact) mass is 358 g/mol. The Morgan fingerprint density at radius 3 is 2.27 bits per heavy atom. The summed E-state index contributed by atoms with van der Waals surface area (Å²) < 4.78 is 0. The van der Waals surface area contributed by atoms with Crippen LogP contribution in [0.5, 0.6) is 0 Å². The molecule has 26 heavy (non-hydrogen) atoms. The molecular weight excluding hydrogens is 332 g/mol. The summed E-state index contributed by atoms with van der Waals surface area (Å²) in [5.74, 6) is -0.349. The van der Waals surface area contributed by atoms with E-state index in [4.69, 9.17) is 0 Å². The number of amides is 3. The second-order valence-electron chi connectivity index (χ2n) is 6.89. The van der Waals surface area contributed by atoms with Crippen molar-refractivity contribution in [2.45, 2.75) is 39.5 Å². The number of nitrogens with one attached hydrogen (secondary N) is 1. The Morgan fingerprint density at radius 1 is 1.15 bits per heavy atom. The summed E-state index contributed by atoms with van der Waals surface area (Å²) >= 11 is 0. The van der Waals surface area contributed by atoms with Crippen LogP contribution in [-0.2, 0) is 14.4 Å². The van der Waals surface area contributed by atoms with Crippen LogP contribution < -0.4 is 10.2 Å². The molecule has 1 aromatic rings. The number of hydrogen-bond donors (Lipinski definition) is 1. The maximum absolute atomic E-state index is 12.4. The van der Waals surface area contributed by atoms with Crippen molar-refractivity contribution in [1.29, 1.82) is 0 Å². The smallest absolute Gasteiger partial charge is 0.244 e. The molecule has 7 nitrogen and oxygen atoms in total. The normalized spacial score (nSPS) is 22.3. The molecule has 1 aliphatic heterocycles. The number of hydrogen-bond acceptors (Lipinski definition) is 5. The number of carbonyl (C=O) groups is 3. The van der Waals surface area contributed by atoms with Crippen molar-refractivity contribution in [3.05, 3.63) is 18.3 Å². The number of anilines is 2. The zero-order valence-electron chi connectivity index (χ0n) is 15.4. The van der Waals surface area contributed by atoms with Crippen LogP contribution >= 0.6 is 0 Å². The molecule has 2 heterocycles. The molecule has 0 aromatic carbocycles. The van der Waals surface area contributed by atoms with E-state index in [9.17, 15) is 14.4 Å². The van der Waals surface area contributed by atoms with Crippen LogP contribution in [-0.4, -0.2) is 47.2 Å². The highest BCUT2D eigenvalue weighted by Crippen LogP contribution is 2.37. The van der Waals surface area contributed by atoms with Crippen molar-refractivity contribution < 1.29 is 14.4 Å². The number of imide groups is 1. The van der Waals surface area contributed by atoms with Gasteiger partial charge < -0.3 is 10.2 Å². The molecule has 1 aromatic heterocycles. The predicted molar refractivity (Wildman–Crippen MR) is 98.6 cm³/mol. The van der Waals surface area contributed by atoms with E-state index in [1.54, 1.807) is 12.3 Å². The number of carbonyl (C=O) groups excluding carboxylic acids is 3. The molecule has 7 heteroatoms. The average Bonchev–Trinajstić information content (AvgIpc) is 2.89. The predicted octanol–water partition coefficient (Wildman–Crippen LogP) is 2.04. The summed E-state index contributed by atoms with van der Waals surface area (Å²) in [6, 6.07) is 3.63. The minimum absolute atomic E-state index is 0.190. The molecule has 0 bridgehead atoms. The minimum Gasteiger partial charge on any atom is -0.357 e. The van der Waals surface area contributed by atoms with Crippen LogP contribution in [0.2, 0.25) is 0 Å². The van der Waals surface area contributed by atoms with E-state index in [1.807, 2.05) is 6.07 Å². The summed E-state index contributed by atoms with van der Waals surface area (Å²) in [6.45, 7) is 5.61. The third kappa shape index (κ3) is 3.57. The summed E-state index contributed by atoms with van der Waals surface area (Å²) in [5.41, 5.74) is 0.558. The van der Waals surface area contributed by atoms with E-state index in [0.29, 0.717) is 5.69 Å². The van der Waals surface area contributed by atoms with Gasteiger partial charge >= 0.3 is 0 Å². The lowest BCUT2D eigenvalue weighted by molar-refractivity contribution is -0.142. The molecule has 2 unspecified atom stereocenters. The lowest BCUT2D eigenvalue weighted by Gasteiger charge is -2.20. The highest BCUT2D eigenvalue weighted by Gasteiger charge is 2.48. The standard InChI is InChI=1S/C19H26N4O3/c1-3-22(4-2)16-10-9-13(11-20-16)21-17(24)12-23-18(25)14-7-5-6-8-15(14)19(23)26/h9-11,14-15H,3-8,12H2,1-2H3,(H,21,24). The van der Waals surface area contributed by atoms with E-state index in [2.05, 4.69) is 29.0 Å². The SMILES string of the molecule is CCN(CC)c1ccc(NC(=O)CN2C(=O)C3CCCCC3C2=O)cn1. The molecule has 2 aliphatic rings. The van der Waals surface area contributed by atoms with Crippen LogP contribution in [0.1, 0.15) is 39.5 Å². The van der Waals surface area contributed by atoms with Crippen LogP contribution in [0.25, 0.3) is 0 Å².